The van der Waals surface area contributed by atoms with Crippen molar-refractivity contribution in [1.29, 1.82) is 0 Å². The van der Waals surface area contributed by atoms with Crippen LogP contribution in [0.5, 0.6) is 0 Å². The van der Waals surface area contributed by atoms with Gasteiger partial charge in [0.05, 0.1) is 11.6 Å². The molecule has 1 aliphatic rings. The maximum Gasteiger partial charge on any atom is 0.224 e. The summed E-state index contributed by atoms with van der Waals surface area (Å²) in [6.45, 7) is 10.9. The van der Waals surface area contributed by atoms with Crippen LogP contribution >= 0.6 is 0 Å². The number of carbonyl (C=O) groups is 1. The van der Waals surface area contributed by atoms with Crippen molar-refractivity contribution < 1.29 is 4.79 Å². The van der Waals surface area contributed by atoms with Gasteiger partial charge in [-0.1, -0.05) is 37.6 Å². The zero-order chi connectivity index (χ0) is 22.0. The number of aryl methyl sites for hydroxylation is 2. The van der Waals surface area contributed by atoms with Crippen LogP contribution < -0.4 is 10.2 Å². The van der Waals surface area contributed by atoms with Crippen LogP contribution in [0.4, 0.5) is 5.82 Å². The first kappa shape index (κ1) is 21.3. The predicted molar refractivity (Wildman–Crippen MR) is 125 cm³/mol. The fourth-order valence-corrected chi connectivity index (χ4v) is 4.40. The number of aromatic nitrogens is 3. The van der Waals surface area contributed by atoms with Gasteiger partial charge in [-0.3, -0.25) is 4.79 Å². The quantitative estimate of drug-likeness (QED) is 0.644. The molecule has 4 rings (SSSR count). The second kappa shape index (κ2) is 9.08. The van der Waals surface area contributed by atoms with Crippen LogP contribution in [0.2, 0.25) is 0 Å². The average Bonchev–Trinajstić information content (AvgIpc) is 3.17. The van der Waals surface area contributed by atoms with Crippen molar-refractivity contribution in [1.82, 2.24) is 19.9 Å². The summed E-state index contributed by atoms with van der Waals surface area (Å²) >= 11 is 0. The van der Waals surface area contributed by atoms with Gasteiger partial charge < -0.3 is 10.2 Å². The summed E-state index contributed by atoms with van der Waals surface area (Å²) in [5.41, 5.74) is 5.54. The van der Waals surface area contributed by atoms with E-state index >= 15 is 0 Å². The van der Waals surface area contributed by atoms with E-state index < -0.39 is 0 Å². The summed E-state index contributed by atoms with van der Waals surface area (Å²) in [5, 5.41) is 7.94. The third-order valence-corrected chi connectivity index (χ3v) is 6.14. The van der Waals surface area contributed by atoms with E-state index in [1.807, 2.05) is 10.7 Å². The van der Waals surface area contributed by atoms with Crippen LogP contribution in [0, 0.1) is 25.7 Å². The second-order valence-electron chi connectivity index (χ2n) is 9.19. The van der Waals surface area contributed by atoms with E-state index in [0.717, 1.165) is 54.9 Å². The van der Waals surface area contributed by atoms with E-state index in [1.54, 1.807) is 6.20 Å². The Morgan fingerprint density at radius 3 is 2.87 bits per heavy atom. The Bertz CT molecular complexity index is 1070. The Morgan fingerprint density at radius 2 is 2.10 bits per heavy atom. The van der Waals surface area contributed by atoms with Gasteiger partial charge in [0.15, 0.2) is 5.82 Å². The van der Waals surface area contributed by atoms with Crippen molar-refractivity contribution in [3.8, 4) is 11.3 Å². The van der Waals surface area contributed by atoms with Crippen molar-refractivity contribution >= 4 is 17.2 Å². The summed E-state index contributed by atoms with van der Waals surface area (Å²) in [6.07, 6.45) is 6.63. The minimum Gasteiger partial charge on any atom is -0.356 e. The van der Waals surface area contributed by atoms with Crippen molar-refractivity contribution in [2.24, 2.45) is 11.8 Å². The van der Waals surface area contributed by atoms with Gasteiger partial charge in [0.25, 0.3) is 0 Å². The average molecular weight is 420 g/mol. The fourth-order valence-electron chi connectivity index (χ4n) is 4.40. The molecule has 1 atom stereocenters. The maximum absolute atomic E-state index is 12.7. The molecule has 2 aromatic heterocycles. The highest BCUT2D eigenvalue weighted by Crippen LogP contribution is 2.29. The van der Waals surface area contributed by atoms with E-state index in [1.165, 1.54) is 11.1 Å². The first-order valence-corrected chi connectivity index (χ1v) is 11.4. The SMILES string of the molecule is Cc1ccc(-c2cc3c(N4CCCC(C(=O)NCCC(C)C)C4)nccn3n2)c(C)c1. The van der Waals surface area contributed by atoms with Crippen LogP contribution in [0.25, 0.3) is 16.8 Å². The summed E-state index contributed by atoms with van der Waals surface area (Å²) in [7, 11) is 0. The molecule has 1 aromatic carbocycles. The standard InChI is InChI=1S/C25H33N5O/c1-17(2)9-10-27-25(31)20-6-5-12-29(16-20)24-23-15-22(28-30(23)13-11-26-24)21-8-7-18(3)14-19(21)4/h7-8,11,13-15,17,20H,5-6,9-10,12,16H2,1-4H3,(H,27,31). The van der Waals surface area contributed by atoms with Gasteiger partial charge in [-0.15, -0.1) is 0 Å². The molecule has 1 N–H and O–H groups in total. The summed E-state index contributed by atoms with van der Waals surface area (Å²) in [6, 6.07) is 8.56. The second-order valence-corrected chi connectivity index (χ2v) is 9.19. The molecule has 1 unspecified atom stereocenters. The molecule has 3 heterocycles. The lowest BCUT2D eigenvalue weighted by Crippen LogP contribution is -2.43. The predicted octanol–water partition coefficient (Wildman–Crippen LogP) is 4.39. The number of nitrogens with one attached hydrogen (secondary N) is 1. The third-order valence-electron chi connectivity index (χ3n) is 6.14. The van der Waals surface area contributed by atoms with Crippen molar-refractivity contribution in [2.75, 3.05) is 24.5 Å². The lowest BCUT2D eigenvalue weighted by atomic mass is 9.97. The Labute approximate surface area is 184 Å². The molecule has 1 saturated heterocycles. The number of fused-ring (bicyclic) bond motifs is 1. The Morgan fingerprint density at radius 1 is 1.26 bits per heavy atom. The molecule has 0 radical (unpaired) electrons. The van der Waals surface area contributed by atoms with Crippen molar-refractivity contribution in [2.45, 2.75) is 47.0 Å². The Kier molecular flexibility index (Phi) is 6.25. The van der Waals surface area contributed by atoms with Gasteiger partial charge in [-0.25, -0.2) is 9.50 Å². The fraction of sp³-hybridized carbons (Fsp3) is 0.480. The molecule has 0 bridgehead atoms. The molecule has 0 aliphatic carbocycles. The van der Waals surface area contributed by atoms with Crippen molar-refractivity contribution in [3.05, 3.63) is 47.8 Å². The zero-order valence-corrected chi connectivity index (χ0v) is 19.1. The number of carbonyl (C=O) groups excluding carboxylic acids is 1. The van der Waals surface area contributed by atoms with E-state index in [4.69, 9.17) is 5.10 Å². The smallest absolute Gasteiger partial charge is 0.224 e. The number of benzene rings is 1. The lowest BCUT2D eigenvalue weighted by Gasteiger charge is -2.33. The monoisotopic (exact) mass is 419 g/mol. The Balaban J connectivity index is 1.56. The normalized spacial score (nSPS) is 16.8. The minimum atomic E-state index is 0.00435. The summed E-state index contributed by atoms with van der Waals surface area (Å²) in [4.78, 5) is 19.6. The van der Waals surface area contributed by atoms with E-state index in [0.29, 0.717) is 12.5 Å². The van der Waals surface area contributed by atoms with E-state index in [-0.39, 0.29) is 11.8 Å². The maximum atomic E-state index is 12.7. The van der Waals surface area contributed by atoms with Gasteiger partial charge in [0, 0.05) is 37.6 Å². The number of amides is 1. The van der Waals surface area contributed by atoms with Crippen LogP contribution in [-0.2, 0) is 4.79 Å². The van der Waals surface area contributed by atoms with Crippen LogP contribution in [0.1, 0.15) is 44.2 Å². The van der Waals surface area contributed by atoms with Gasteiger partial charge in [0.1, 0.15) is 5.52 Å². The van der Waals surface area contributed by atoms with Crippen LogP contribution in [-0.4, -0.2) is 40.1 Å². The van der Waals surface area contributed by atoms with Gasteiger partial charge >= 0.3 is 0 Å². The molecule has 3 aromatic rings. The number of hydrogen-bond donors (Lipinski definition) is 1. The van der Waals surface area contributed by atoms with Gasteiger partial charge in [-0.2, -0.15) is 5.10 Å². The molecule has 6 nitrogen and oxygen atoms in total. The highest BCUT2D eigenvalue weighted by Gasteiger charge is 2.27. The first-order chi connectivity index (χ1) is 14.9. The van der Waals surface area contributed by atoms with Gasteiger partial charge in [0.2, 0.25) is 5.91 Å². The number of anilines is 1. The molecule has 0 spiro atoms. The molecule has 6 heteroatoms. The number of piperidine rings is 1. The molecular weight excluding hydrogens is 386 g/mol. The molecule has 0 saturated carbocycles. The lowest BCUT2D eigenvalue weighted by molar-refractivity contribution is -0.125. The van der Waals surface area contributed by atoms with E-state index in [2.05, 4.69) is 67.2 Å². The third kappa shape index (κ3) is 4.73. The zero-order valence-electron chi connectivity index (χ0n) is 19.1. The molecule has 1 amide bonds. The van der Waals surface area contributed by atoms with Crippen LogP contribution in [0.15, 0.2) is 36.7 Å². The van der Waals surface area contributed by atoms with E-state index in [9.17, 15) is 4.79 Å². The topological polar surface area (TPSA) is 62.5 Å². The molecule has 1 fully saturated rings. The molecule has 1 aliphatic heterocycles. The highest BCUT2D eigenvalue weighted by molar-refractivity contribution is 5.81. The summed E-state index contributed by atoms with van der Waals surface area (Å²) in [5.74, 6) is 1.68. The number of nitrogens with zero attached hydrogens (tertiary/aromatic N) is 4. The minimum absolute atomic E-state index is 0.00435. The number of rotatable bonds is 6. The largest absolute Gasteiger partial charge is 0.356 e. The van der Waals surface area contributed by atoms with Gasteiger partial charge in [-0.05, 0) is 50.7 Å². The molecule has 164 valence electrons. The highest BCUT2D eigenvalue weighted by atomic mass is 16.1. The van der Waals surface area contributed by atoms with Crippen LogP contribution in [0.3, 0.4) is 0 Å². The Hall–Kier alpha value is -2.89. The summed E-state index contributed by atoms with van der Waals surface area (Å²) < 4.78 is 1.91. The number of hydrogen-bond acceptors (Lipinski definition) is 4. The molecular formula is C25H33N5O. The first-order valence-electron chi connectivity index (χ1n) is 11.4. The molecule has 31 heavy (non-hydrogen) atoms. The van der Waals surface area contributed by atoms with Crippen molar-refractivity contribution in [3.63, 3.8) is 0 Å².